The summed E-state index contributed by atoms with van der Waals surface area (Å²) in [5.41, 5.74) is 2.70. The standard InChI is InChI=1S/C25H19N3O4S2/c1-2-31-25(30)21-16-7-5-9-20(16)34-23(21)27-12-15(11-26)22-28-18(13-33-22)17-10-14-6-3-4-8-19(14)32-24(17)29/h3-4,6,8,10,12-13,27H,2,5,7,9H2,1H3/b15-12-. The summed E-state index contributed by atoms with van der Waals surface area (Å²) in [7, 11) is 0. The first-order chi connectivity index (χ1) is 16.6. The Morgan fingerprint density at radius 2 is 2.21 bits per heavy atom. The molecule has 0 bridgehead atoms. The maximum Gasteiger partial charge on any atom is 0.345 e. The summed E-state index contributed by atoms with van der Waals surface area (Å²) in [5.74, 6) is -0.351. The van der Waals surface area contributed by atoms with Crippen LogP contribution in [0, 0.1) is 11.3 Å². The molecule has 0 unspecified atom stereocenters. The first-order valence-electron chi connectivity index (χ1n) is 10.8. The van der Waals surface area contributed by atoms with Gasteiger partial charge in [-0.25, -0.2) is 14.6 Å². The number of nitrogens with one attached hydrogen (secondary N) is 1. The predicted octanol–water partition coefficient (Wildman–Crippen LogP) is 5.62. The number of carbonyl (C=O) groups excluding carboxylic acids is 1. The third kappa shape index (κ3) is 4.02. The molecule has 0 amide bonds. The Bertz CT molecular complexity index is 1540. The van der Waals surface area contributed by atoms with Gasteiger partial charge in [-0.3, -0.25) is 0 Å². The molecule has 0 saturated carbocycles. The summed E-state index contributed by atoms with van der Waals surface area (Å²) < 4.78 is 10.7. The lowest BCUT2D eigenvalue weighted by molar-refractivity contribution is 0.0527. The summed E-state index contributed by atoms with van der Waals surface area (Å²) in [6.45, 7) is 2.08. The number of aromatic nitrogens is 1. The van der Waals surface area contributed by atoms with Gasteiger partial charge >= 0.3 is 11.6 Å². The summed E-state index contributed by atoms with van der Waals surface area (Å²) in [5, 5.41) is 16.5. The number of fused-ring (bicyclic) bond motifs is 2. The topological polar surface area (TPSA) is 105 Å². The van der Waals surface area contributed by atoms with Gasteiger partial charge in [0, 0.05) is 21.8 Å². The number of nitriles is 1. The van der Waals surface area contributed by atoms with Crippen molar-refractivity contribution in [3.63, 3.8) is 0 Å². The van der Waals surface area contributed by atoms with Gasteiger partial charge in [0.2, 0.25) is 0 Å². The van der Waals surface area contributed by atoms with Gasteiger partial charge in [0.1, 0.15) is 27.2 Å². The summed E-state index contributed by atoms with van der Waals surface area (Å²) in [6, 6.07) is 11.2. The number of hydrogen-bond acceptors (Lipinski definition) is 9. The normalized spacial score (nSPS) is 13.0. The molecular formula is C25H19N3O4S2. The van der Waals surface area contributed by atoms with Crippen molar-refractivity contribution in [1.29, 1.82) is 5.26 Å². The van der Waals surface area contributed by atoms with E-state index in [-0.39, 0.29) is 5.97 Å². The molecule has 0 atom stereocenters. The Morgan fingerprint density at radius 3 is 3.03 bits per heavy atom. The largest absolute Gasteiger partial charge is 0.462 e. The molecule has 7 nitrogen and oxygen atoms in total. The zero-order valence-electron chi connectivity index (χ0n) is 18.2. The quantitative estimate of drug-likeness (QED) is 0.213. The van der Waals surface area contributed by atoms with Crippen LogP contribution in [-0.4, -0.2) is 17.6 Å². The third-order valence-corrected chi connectivity index (χ3v) is 7.62. The zero-order valence-corrected chi connectivity index (χ0v) is 19.8. The van der Waals surface area contributed by atoms with Gasteiger partial charge in [-0.1, -0.05) is 18.2 Å². The highest BCUT2D eigenvalue weighted by molar-refractivity contribution is 7.16. The first kappa shape index (κ1) is 22.1. The van der Waals surface area contributed by atoms with E-state index in [1.54, 1.807) is 36.7 Å². The molecule has 1 aromatic carbocycles. The number of para-hydroxylation sites is 1. The van der Waals surface area contributed by atoms with Crippen molar-refractivity contribution < 1.29 is 13.9 Å². The van der Waals surface area contributed by atoms with Gasteiger partial charge < -0.3 is 14.5 Å². The van der Waals surface area contributed by atoms with E-state index in [4.69, 9.17) is 9.15 Å². The number of carbonyl (C=O) groups is 1. The van der Waals surface area contributed by atoms with Crippen LogP contribution >= 0.6 is 22.7 Å². The van der Waals surface area contributed by atoms with E-state index in [1.807, 2.05) is 12.1 Å². The summed E-state index contributed by atoms with van der Waals surface area (Å²) in [6.07, 6.45) is 4.36. The molecule has 0 fully saturated rings. The maximum atomic E-state index is 12.6. The number of aryl methyl sites for hydroxylation is 1. The predicted molar refractivity (Wildman–Crippen MR) is 133 cm³/mol. The number of anilines is 1. The molecule has 4 aromatic rings. The van der Waals surface area contributed by atoms with E-state index in [0.29, 0.717) is 44.6 Å². The zero-order chi connectivity index (χ0) is 23.7. The minimum atomic E-state index is -0.483. The van der Waals surface area contributed by atoms with E-state index in [2.05, 4.69) is 16.4 Å². The van der Waals surface area contributed by atoms with Crippen molar-refractivity contribution in [1.82, 2.24) is 4.98 Å². The molecule has 3 aromatic heterocycles. The van der Waals surface area contributed by atoms with Crippen LogP contribution in [0.25, 0.3) is 27.8 Å². The highest BCUT2D eigenvalue weighted by atomic mass is 32.1. The minimum absolute atomic E-state index is 0.296. The van der Waals surface area contributed by atoms with Crippen LogP contribution in [0.1, 0.15) is 39.2 Å². The van der Waals surface area contributed by atoms with Crippen molar-refractivity contribution in [3.8, 4) is 17.3 Å². The lowest BCUT2D eigenvalue weighted by Gasteiger charge is -2.06. The van der Waals surface area contributed by atoms with Gasteiger partial charge in [0.25, 0.3) is 0 Å². The molecule has 9 heteroatoms. The van der Waals surface area contributed by atoms with Crippen molar-refractivity contribution in [2.24, 2.45) is 0 Å². The molecule has 0 spiro atoms. The fraction of sp³-hybridized carbons (Fsp3) is 0.200. The van der Waals surface area contributed by atoms with Crippen LogP contribution in [0.4, 0.5) is 5.00 Å². The molecule has 0 aliphatic heterocycles. The molecule has 5 rings (SSSR count). The Kier molecular flexibility index (Phi) is 6.01. The highest BCUT2D eigenvalue weighted by Crippen LogP contribution is 2.40. The van der Waals surface area contributed by atoms with Gasteiger partial charge in [0.05, 0.1) is 23.4 Å². The number of rotatable bonds is 6. The Labute approximate surface area is 203 Å². The van der Waals surface area contributed by atoms with E-state index in [1.165, 1.54) is 27.6 Å². The molecule has 170 valence electrons. The Balaban J connectivity index is 1.45. The molecule has 1 N–H and O–H groups in total. The number of nitrogens with zero attached hydrogens (tertiary/aromatic N) is 2. The lowest BCUT2D eigenvalue weighted by atomic mass is 10.1. The van der Waals surface area contributed by atoms with E-state index in [0.717, 1.165) is 30.2 Å². The van der Waals surface area contributed by atoms with E-state index < -0.39 is 5.63 Å². The first-order valence-corrected chi connectivity index (χ1v) is 12.5. The number of esters is 1. The van der Waals surface area contributed by atoms with Crippen molar-refractivity contribution in [2.45, 2.75) is 26.2 Å². The molecule has 0 saturated heterocycles. The fourth-order valence-corrected chi connectivity index (χ4v) is 6.00. The second-order valence-corrected chi connectivity index (χ2v) is 9.58. The molecule has 1 aliphatic rings. The molecule has 1 aliphatic carbocycles. The number of ether oxygens (including phenoxy) is 1. The average Bonchev–Trinajstić information content (AvgIpc) is 3.56. The second kappa shape index (κ2) is 9.25. The minimum Gasteiger partial charge on any atom is -0.462 e. The van der Waals surface area contributed by atoms with Gasteiger partial charge in [-0.2, -0.15) is 5.26 Å². The monoisotopic (exact) mass is 489 g/mol. The average molecular weight is 490 g/mol. The number of allylic oxidation sites excluding steroid dienone is 1. The van der Waals surface area contributed by atoms with Crippen LogP contribution in [-0.2, 0) is 17.6 Å². The number of thiophene rings is 1. The second-order valence-electron chi connectivity index (χ2n) is 7.62. The summed E-state index contributed by atoms with van der Waals surface area (Å²) >= 11 is 2.78. The van der Waals surface area contributed by atoms with E-state index in [9.17, 15) is 14.9 Å². The number of hydrogen-bond donors (Lipinski definition) is 1. The van der Waals surface area contributed by atoms with Crippen LogP contribution in [0.15, 0.2) is 51.1 Å². The molecule has 3 heterocycles. The van der Waals surface area contributed by atoms with Crippen molar-refractivity contribution >= 4 is 50.2 Å². The van der Waals surface area contributed by atoms with Gasteiger partial charge in [-0.05, 0) is 43.9 Å². The van der Waals surface area contributed by atoms with Crippen LogP contribution < -0.4 is 10.9 Å². The fourth-order valence-electron chi connectivity index (χ4n) is 3.97. The molecular weight excluding hydrogens is 470 g/mol. The Morgan fingerprint density at radius 1 is 1.35 bits per heavy atom. The van der Waals surface area contributed by atoms with Crippen LogP contribution in [0.3, 0.4) is 0 Å². The van der Waals surface area contributed by atoms with Crippen molar-refractivity contribution in [2.75, 3.05) is 11.9 Å². The van der Waals surface area contributed by atoms with Gasteiger partial charge in [0.15, 0.2) is 0 Å². The maximum absolute atomic E-state index is 12.6. The van der Waals surface area contributed by atoms with Crippen LogP contribution in [0.5, 0.6) is 0 Å². The lowest BCUT2D eigenvalue weighted by Crippen LogP contribution is -2.08. The number of thiazole rings is 1. The third-order valence-electron chi connectivity index (χ3n) is 5.52. The smallest absolute Gasteiger partial charge is 0.345 e. The SMILES string of the molecule is CCOC(=O)c1c(N/C=C(/C#N)c2nc(-c3cc4ccccc4oc3=O)cs2)sc2c1CCC2. The molecule has 34 heavy (non-hydrogen) atoms. The van der Waals surface area contributed by atoms with Crippen molar-refractivity contribution in [3.05, 3.63) is 73.3 Å². The highest BCUT2D eigenvalue weighted by Gasteiger charge is 2.27. The molecule has 0 radical (unpaired) electrons. The summed E-state index contributed by atoms with van der Waals surface area (Å²) in [4.78, 5) is 30.7. The Hall–Kier alpha value is -3.74. The van der Waals surface area contributed by atoms with Crippen LogP contribution in [0.2, 0.25) is 0 Å². The number of benzene rings is 1. The van der Waals surface area contributed by atoms with E-state index >= 15 is 0 Å². The van der Waals surface area contributed by atoms with Gasteiger partial charge in [-0.15, -0.1) is 22.7 Å².